The van der Waals surface area contributed by atoms with E-state index in [1.165, 1.54) is 4.57 Å². The van der Waals surface area contributed by atoms with Crippen molar-refractivity contribution in [3.05, 3.63) is 69.2 Å². The minimum atomic E-state index is -0.354. The van der Waals surface area contributed by atoms with Gasteiger partial charge in [-0.15, -0.1) is 0 Å². The molecule has 0 unspecified atom stereocenters. The minimum Gasteiger partial charge on any atom is -0.489 e. The Morgan fingerprint density at radius 2 is 1.83 bits per heavy atom. The molecule has 0 spiro atoms. The largest absolute Gasteiger partial charge is 0.489 e. The molecule has 10 heteroatoms. The van der Waals surface area contributed by atoms with Gasteiger partial charge in [-0.1, -0.05) is 29.3 Å². The van der Waals surface area contributed by atoms with Crippen molar-refractivity contribution in [3.8, 4) is 16.9 Å². The van der Waals surface area contributed by atoms with Gasteiger partial charge in [-0.05, 0) is 57.0 Å². The Bertz CT molecular complexity index is 1390. The molecule has 0 saturated heterocycles. The van der Waals surface area contributed by atoms with Crippen LogP contribution in [0.3, 0.4) is 0 Å². The van der Waals surface area contributed by atoms with Crippen LogP contribution in [-0.4, -0.2) is 36.8 Å². The number of aryl methyl sites for hydroxylation is 1. The molecule has 4 aromatic rings. The zero-order valence-corrected chi connectivity index (χ0v) is 21.0. The van der Waals surface area contributed by atoms with E-state index in [4.69, 9.17) is 27.9 Å². The Hall–Kier alpha value is -3.20. The van der Waals surface area contributed by atoms with Gasteiger partial charge < -0.3 is 15.2 Å². The summed E-state index contributed by atoms with van der Waals surface area (Å²) in [5.41, 5.74) is 1.03. The number of hydrogen-bond acceptors (Lipinski definition) is 7. The highest BCUT2D eigenvalue weighted by atomic mass is 35.5. The lowest BCUT2D eigenvalue weighted by molar-refractivity contribution is 0.145. The topological polar surface area (TPSA) is 102 Å². The predicted octanol–water partition coefficient (Wildman–Crippen LogP) is 5.37. The van der Waals surface area contributed by atoms with Gasteiger partial charge in [0.2, 0.25) is 5.95 Å². The van der Waals surface area contributed by atoms with Crippen LogP contribution in [0.2, 0.25) is 10.0 Å². The fraction of sp³-hybridized carbons (Fsp3) is 0.280. The zero-order valence-electron chi connectivity index (χ0n) is 19.5. The molecule has 4 rings (SSSR count). The number of pyridine rings is 2. The first-order chi connectivity index (χ1) is 16.7. The molecule has 0 amide bonds. The highest BCUT2D eigenvalue weighted by molar-refractivity contribution is 6.39. The molecule has 182 valence electrons. The first-order valence-corrected chi connectivity index (χ1v) is 11.9. The van der Waals surface area contributed by atoms with E-state index in [1.54, 1.807) is 62.8 Å². The number of nitrogens with zero attached hydrogens (tertiary/aromatic N) is 4. The number of aromatic nitrogens is 4. The maximum Gasteiger partial charge on any atom is 0.259 e. The van der Waals surface area contributed by atoms with E-state index < -0.39 is 0 Å². The van der Waals surface area contributed by atoms with Crippen molar-refractivity contribution in [3.63, 3.8) is 0 Å². The van der Waals surface area contributed by atoms with Gasteiger partial charge >= 0.3 is 0 Å². The van der Waals surface area contributed by atoms with Gasteiger partial charge in [0.1, 0.15) is 17.2 Å². The first-order valence-electron chi connectivity index (χ1n) is 11.1. The Morgan fingerprint density at radius 1 is 1.09 bits per heavy atom. The van der Waals surface area contributed by atoms with Gasteiger partial charge in [-0.25, -0.2) is 9.97 Å². The Labute approximate surface area is 212 Å². The molecular weight excluding hydrogens is 489 g/mol. The molecule has 0 fully saturated rings. The number of rotatable bonds is 8. The summed E-state index contributed by atoms with van der Waals surface area (Å²) in [6.07, 6.45) is 4.25. The molecule has 0 aliphatic heterocycles. The number of anilines is 2. The molecular formula is C25H25Cl2N5O3. The number of hydrogen-bond donors (Lipinski definition) is 2. The number of fused-ring (bicyclic) bond motifs is 1. The molecule has 0 aliphatic carbocycles. The zero-order chi connectivity index (χ0) is 25.1. The molecule has 35 heavy (non-hydrogen) atoms. The summed E-state index contributed by atoms with van der Waals surface area (Å²) >= 11 is 12.6. The molecule has 0 bridgehead atoms. The van der Waals surface area contributed by atoms with E-state index in [1.807, 2.05) is 6.92 Å². The maximum absolute atomic E-state index is 13.1. The van der Waals surface area contributed by atoms with Crippen LogP contribution in [0.1, 0.15) is 26.7 Å². The summed E-state index contributed by atoms with van der Waals surface area (Å²) < 4.78 is 7.27. The molecule has 2 N–H and O–H groups in total. The van der Waals surface area contributed by atoms with E-state index in [2.05, 4.69) is 20.3 Å². The second kappa shape index (κ2) is 10.6. The van der Waals surface area contributed by atoms with Crippen molar-refractivity contribution in [1.82, 2.24) is 19.5 Å². The standard InChI is InChI=1S/C25H25Cl2N5O3/c1-14(33)7-8-15(2)35-17-9-10-21(28-13-17)30-25-29-12-16-11-18(24(34)32(3)23(16)31-25)22-19(26)5-4-6-20(22)27/h4-6,9-15,33H,7-8H2,1-3H3,(H,28,29,30,31)/t14-,15-/m0/s1. The molecule has 8 nitrogen and oxygen atoms in total. The van der Waals surface area contributed by atoms with Crippen LogP contribution in [0, 0.1) is 0 Å². The van der Waals surface area contributed by atoms with Gasteiger partial charge in [0.05, 0.1) is 34.0 Å². The van der Waals surface area contributed by atoms with E-state index in [0.717, 1.165) is 6.42 Å². The van der Waals surface area contributed by atoms with Crippen LogP contribution in [0.25, 0.3) is 22.2 Å². The van der Waals surface area contributed by atoms with Crippen LogP contribution in [0.5, 0.6) is 5.75 Å². The van der Waals surface area contributed by atoms with Crippen LogP contribution >= 0.6 is 23.2 Å². The number of benzene rings is 1. The van der Waals surface area contributed by atoms with Gasteiger partial charge in [0, 0.05) is 24.2 Å². The number of nitrogens with one attached hydrogen (secondary N) is 1. The van der Waals surface area contributed by atoms with Crippen molar-refractivity contribution in [2.24, 2.45) is 7.05 Å². The minimum absolute atomic E-state index is 0.0409. The molecule has 0 saturated carbocycles. The summed E-state index contributed by atoms with van der Waals surface area (Å²) in [7, 11) is 1.64. The van der Waals surface area contributed by atoms with Crippen LogP contribution in [0.15, 0.2) is 53.6 Å². The Morgan fingerprint density at radius 3 is 2.49 bits per heavy atom. The van der Waals surface area contributed by atoms with Crippen LogP contribution < -0.4 is 15.6 Å². The van der Waals surface area contributed by atoms with Gasteiger partial charge in [-0.2, -0.15) is 4.98 Å². The van der Waals surface area contributed by atoms with Crippen molar-refractivity contribution in [2.75, 3.05) is 5.32 Å². The normalized spacial score (nSPS) is 13.0. The fourth-order valence-electron chi connectivity index (χ4n) is 3.65. The average molecular weight is 514 g/mol. The average Bonchev–Trinajstić information content (AvgIpc) is 2.82. The van der Waals surface area contributed by atoms with Crippen molar-refractivity contribution in [1.29, 1.82) is 0 Å². The monoisotopic (exact) mass is 513 g/mol. The van der Waals surface area contributed by atoms with Gasteiger partial charge in [0.15, 0.2) is 0 Å². The van der Waals surface area contributed by atoms with Gasteiger partial charge in [0.25, 0.3) is 5.56 Å². The summed E-state index contributed by atoms with van der Waals surface area (Å²) in [5.74, 6) is 1.45. The van der Waals surface area contributed by atoms with E-state index in [0.29, 0.717) is 56.1 Å². The molecule has 3 heterocycles. The van der Waals surface area contributed by atoms with Crippen molar-refractivity contribution < 1.29 is 9.84 Å². The quantitative estimate of drug-likeness (QED) is 0.326. The lowest BCUT2D eigenvalue weighted by atomic mass is 10.1. The number of aliphatic hydroxyl groups is 1. The van der Waals surface area contributed by atoms with Gasteiger partial charge in [-0.3, -0.25) is 9.36 Å². The molecule has 2 atom stereocenters. The summed E-state index contributed by atoms with van der Waals surface area (Å²) in [4.78, 5) is 26.3. The summed E-state index contributed by atoms with van der Waals surface area (Å²) in [5, 5.41) is 13.9. The first kappa shape index (κ1) is 24.9. The smallest absolute Gasteiger partial charge is 0.259 e. The number of halogens is 2. The third-order valence-electron chi connectivity index (χ3n) is 5.49. The predicted molar refractivity (Wildman–Crippen MR) is 139 cm³/mol. The number of aliphatic hydroxyl groups excluding tert-OH is 1. The molecule has 0 radical (unpaired) electrons. The molecule has 0 aliphatic rings. The third-order valence-corrected chi connectivity index (χ3v) is 6.12. The van der Waals surface area contributed by atoms with E-state index in [9.17, 15) is 9.90 Å². The fourth-order valence-corrected chi connectivity index (χ4v) is 4.25. The Balaban J connectivity index is 1.56. The Kier molecular flexibility index (Phi) is 7.54. The van der Waals surface area contributed by atoms with Crippen LogP contribution in [-0.2, 0) is 7.05 Å². The van der Waals surface area contributed by atoms with E-state index >= 15 is 0 Å². The van der Waals surface area contributed by atoms with Crippen molar-refractivity contribution >= 4 is 46.0 Å². The number of ether oxygens (including phenoxy) is 1. The van der Waals surface area contributed by atoms with Crippen LogP contribution in [0.4, 0.5) is 11.8 Å². The molecule has 3 aromatic heterocycles. The SMILES string of the molecule is C[C@H](O)CC[C@H](C)Oc1ccc(Nc2ncc3cc(-c4c(Cl)cccc4Cl)c(=O)n(C)c3n2)nc1. The second-order valence-corrected chi connectivity index (χ2v) is 9.16. The highest BCUT2D eigenvalue weighted by Gasteiger charge is 2.16. The lowest BCUT2D eigenvalue weighted by Crippen LogP contribution is -2.20. The molecule has 1 aromatic carbocycles. The third kappa shape index (κ3) is 5.73. The second-order valence-electron chi connectivity index (χ2n) is 8.35. The summed E-state index contributed by atoms with van der Waals surface area (Å²) in [6, 6.07) is 10.4. The maximum atomic E-state index is 13.1. The van der Waals surface area contributed by atoms with E-state index in [-0.39, 0.29) is 17.8 Å². The lowest BCUT2D eigenvalue weighted by Gasteiger charge is -2.15. The summed E-state index contributed by atoms with van der Waals surface area (Å²) in [6.45, 7) is 3.71. The van der Waals surface area contributed by atoms with Crippen molar-refractivity contribution in [2.45, 2.75) is 38.9 Å². The highest BCUT2D eigenvalue weighted by Crippen LogP contribution is 2.33.